The van der Waals surface area contributed by atoms with Crippen molar-refractivity contribution < 1.29 is 26.3 Å². The van der Waals surface area contributed by atoms with Crippen molar-refractivity contribution in [3.8, 4) is 16.9 Å². The number of benzene rings is 3. The van der Waals surface area contributed by atoms with Crippen LogP contribution in [0.4, 0.5) is 18.9 Å². The third-order valence-corrected chi connectivity index (χ3v) is 5.17. The van der Waals surface area contributed by atoms with Gasteiger partial charge in [-0.15, -0.1) is 13.2 Å². The summed E-state index contributed by atoms with van der Waals surface area (Å²) in [7, 11) is -3.44. The van der Waals surface area contributed by atoms with Crippen molar-refractivity contribution in [1.82, 2.24) is 9.97 Å². The van der Waals surface area contributed by atoms with Gasteiger partial charge in [-0.3, -0.25) is 4.72 Å². The molecular formula is C23H18F3N3O3S. The summed E-state index contributed by atoms with van der Waals surface area (Å²) >= 11 is 0. The van der Waals surface area contributed by atoms with Crippen molar-refractivity contribution in [2.45, 2.75) is 6.36 Å². The first kappa shape index (κ1) is 22.4. The summed E-state index contributed by atoms with van der Waals surface area (Å²) in [5, 5.41) is 0. The van der Waals surface area contributed by atoms with Gasteiger partial charge in [0, 0.05) is 5.56 Å². The Morgan fingerprint density at radius 1 is 1.00 bits per heavy atom. The molecule has 4 aromatic rings. The molecule has 0 fully saturated rings. The van der Waals surface area contributed by atoms with Crippen LogP contribution < -0.4 is 9.46 Å². The number of para-hydroxylation sites is 1. The minimum atomic E-state index is -4.73. The molecule has 0 amide bonds. The zero-order valence-corrected chi connectivity index (χ0v) is 18.0. The number of nitrogens with one attached hydrogen (secondary N) is 2. The molecule has 3 aromatic carbocycles. The number of hydrogen-bond acceptors (Lipinski definition) is 4. The lowest BCUT2D eigenvalue weighted by Gasteiger charge is -2.10. The number of ether oxygens (including phenoxy) is 1. The molecule has 0 aliphatic rings. The van der Waals surface area contributed by atoms with Crippen LogP contribution in [0.2, 0.25) is 0 Å². The highest BCUT2D eigenvalue weighted by molar-refractivity contribution is 7.92. The Kier molecular flexibility index (Phi) is 5.86. The Balaban J connectivity index is 1.57. The minimum absolute atomic E-state index is 0.290. The van der Waals surface area contributed by atoms with Crippen LogP contribution in [0.1, 0.15) is 11.4 Å². The molecule has 6 nitrogen and oxygen atoms in total. The topological polar surface area (TPSA) is 84.1 Å². The number of imidazole rings is 1. The lowest BCUT2D eigenvalue weighted by Crippen LogP contribution is -2.16. The molecular weight excluding hydrogens is 455 g/mol. The summed E-state index contributed by atoms with van der Waals surface area (Å²) in [6, 6.07) is 18.1. The fourth-order valence-electron chi connectivity index (χ4n) is 3.25. The van der Waals surface area contributed by atoms with Crippen molar-refractivity contribution in [3.05, 3.63) is 78.1 Å². The number of H-pyrrole nitrogens is 1. The van der Waals surface area contributed by atoms with Gasteiger partial charge in [-0.05, 0) is 47.5 Å². The van der Waals surface area contributed by atoms with Gasteiger partial charge in [-0.2, -0.15) is 0 Å². The molecule has 2 N–H and O–H groups in total. The lowest BCUT2D eigenvalue weighted by atomic mass is 10.0. The van der Waals surface area contributed by atoms with Gasteiger partial charge in [0.15, 0.2) is 0 Å². The van der Waals surface area contributed by atoms with E-state index in [0.717, 1.165) is 17.3 Å². The Morgan fingerprint density at radius 3 is 2.42 bits per heavy atom. The van der Waals surface area contributed by atoms with Crippen molar-refractivity contribution in [1.29, 1.82) is 0 Å². The first-order valence-electron chi connectivity index (χ1n) is 9.67. The molecule has 1 heterocycles. The monoisotopic (exact) mass is 473 g/mol. The van der Waals surface area contributed by atoms with Gasteiger partial charge in [0.25, 0.3) is 0 Å². The van der Waals surface area contributed by atoms with Crippen LogP contribution in [0.15, 0.2) is 66.7 Å². The maximum Gasteiger partial charge on any atom is 0.573 e. The third kappa shape index (κ3) is 5.92. The molecule has 0 saturated carbocycles. The van der Waals surface area contributed by atoms with Crippen LogP contribution in [0.25, 0.3) is 34.3 Å². The standard InChI is InChI=1S/C23H18F3N3O3S/c1-33(30,31)29-19-5-3-2-4-18(19)16-9-12-20-21(14-16)28-22(27-20)13-8-15-6-10-17(11-7-15)32-23(24,25)26/h2-14,29H,1H3,(H,27,28)/b13-8+. The van der Waals surface area contributed by atoms with Crippen LogP contribution in [0.5, 0.6) is 5.75 Å². The van der Waals surface area contributed by atoms with Crippen molar-refractivity contribution in [3.63, 3.8) is 0 Å². The fraction of sp³-hybridized carbons (Fsp3) is 0.0870. The van der Waals surface area contributed by atoms with E-state index < -0.39 is 16.4 Å². The number of aromatic amines is 1. The molecule has 4 rings (SSSR count). The van der Waals surface area contributed by atoms with Gasteiger partial charge in [-0.25, -0.2) is 13.4 Å². The van der Waals surface area contributed by atoms with Gasteiger partial charge in [-0.1, -0.05) is 42.5 Å². The zero-order valence-electron chi connectivity index (χ0n) is 17.2. The summed E-state index contributed by atoms with van der Waals surface area (Å²) in [4.78, 5) is 7.69. The average molecular weight is 473 g/mol. The van der Waals surface area contributed by atoms with Crippen LogP contribution in [0, 0.1) is 0 Å². The molecule has 33 heavy (non-hydrogen) atoms. The zero-order chi connectivity index (χ0) is 23.6. The average Bonchev–Trinajstić information content (AvgIpc) is 3.13. The molecule has 0 aliphatic heterocycles. The largest absolute Gasteiger partial charge is 0.573 e. The number of rotatable bonds is 6. The van der Waals surface area contributed by atoms with Gasteiger partial charge in [0.2, 0.25) is 10.0 Å². The Bertz CT molecular complexity index is 1430. The fourth-order valence-corrected chi connectivity index (χ4v) is 3.83. The molecule has 10 heteroatoms. The van der Waals surface area contributed by atoms with E-state index in [0.29, 0.717) is 28.2 Å². The van der Waals surface area contributed by atoms with Gasteiger partial charge in [0.05, 0.1) is 23.0 Å². The van der Waals surface area contributed by atoms with E-state index in [4.69, 9.17) is 0 Å². The highest BCUT2D eigenvalue weighted by atomic mass is 32.2. The summed E-state index contributed by atoms with van der Waals surface area (Å²) in [5.74, 6) is 0.266. The summed E-state index contributed by atoms with van der Waals surface area (Å²) in [6.07, 6.45) is -0.220. The number of alkyl halides is 3. The summed E-state index contributed by atoms with van der Waals surface area (Å²) in [6.45, 7) is 0. The molecule has 0 atom stereocenters. The van der Waals surface area contributed by atoms with Crippen molar-refractivity contribution in [2.75, 3.05) is 11.0 Å². The maximum atomic E-state index is 12.3. The summed E-state index contributed by atoms with van der Waals surface area (Å²) in [5.41, 5.74) is 4.10. The molecule has 0 radical (unpaired) electrons. The lowest BCUT2D eigenvalue weighted by molar-refractivity contribution is -0.274. The smallest absolute Gasteiger partial charge is 0.406 e. The second-order valence-corrected chi connectivity index (χ2v) is 8.97. The Hall–Kier alpha value is -3.79. The second kappa shape index (κ2) is 8.62. The number of sulfonamides is 1. The highest BCUT2D eigenvalue weighted by Crippen LogP contribution is 2.30. The van der Waals surface area contributed by atoms with Crippen molar-refractivity contribution >= 4 is 38.9 Å². The molecule has 0 spiro atoms. The number of anilines is 1. The number of hydrogen-bond donors (Lipinski definition) is 2. The van der Waals surface area contributed by atoms with E-state index in [1.165, 1.54) is 24.3 Å². The van der Waals surface area contributed by atoms with E-state index in [1.807, 2.05) is 30.3 Å². The molecule has 0 saturated heterocycles. The molecule has 0 aliphatic carbocycles. The predicted molar refractivity (Wildman–Crippen MR) is 122 cm³/mol. The first-order chi connectivity index (χ1) is 15.6. The molecule has 1 aromatic heterocycles. The SMILES string of the molecule is CS(=O)(=O)Nc1ccccc1-c1ccc2[nH]c(/C=C/c3ccc(OC(F)(F)F)cc3)nc2c1. The van der Waals surface area contributed by atoms with E-state index in [-0.39, 0.29) is 5.75 Å². The predicted octanol–water partition coefficient (Wildman–Crippen LogP) is 5.67. The van der Waals surface area contributed by atoms with Gasteiger partial charge in [0.1, 0.15) is 11.6 Å². The molecule has 0 bridgehead atoms. The van der Waals surface area contributed by atoms with E-state index in [1.54, 1.807) is 24.3 Å². The van der Waals surface area contributed by atoms with Crippen LogP contribution in [-0.4, -0.2) is 31.0 Å². The Labute approximate surface area is 187 Å². The quantitative estimate of drug-likeness (QED) is 0.378. The Morgan fingerprint density at radius 2 is 1.73 bits per heavy atom. The number of halogens is 3. The third-order valence-electron chi connectivity index (χ3n) is 4.58. The van der Waals surface area contributed by atoms with Gasteiger partial charge >= 0.3 is 6.36 Å². The first-order valence-corrected chi connectivity index (χ1v) is 11.6. The van der Waals surface area contributed by atoms with E-state index in [2.05, 4.69) is 19.4 Å². The normalized spacial score (nSPS) is 12.4. The second-order valence-electron chi connectivity index (χ2n) is 7.22. The number of fused-ring (bicyclic) bond motifs is 1. The van der Waals surface area contributed by atoms with E-state index >= 15 is 0 Å². The summed E-state index contributed by atoms with van der Waals surface area (Å²) < 4.78 is 66.5. The highest BCUT2D eigenvalue weighted by Gasteiger charge is 2.30. The molecule has 0 unspecified atom stereocenters. The van der Waals surface area contributed by atoms with Crippen molar-refractivity contribution in [2.24, 2.45) is 0 Å². The number of nitrogens with zero attached hydrogens (tertiary/aromatic N) is 1. The van der Waals surface area contributed by atoms with E-state index in [9.17, 15) is 21.6 Å². The van der Waals surface area contributed by atoms with Crippen LogP contribution in [-0.2, 0) is 10.0 Å². The van der Waals surface area contributed by atoms with Crippen LogP contribution in [0.3, 0.4) is 0 Å². The maximum absolute atomic E-state index is 12.3. The number of aromatic nitrogens is 2. The van der Waals surface area contributed by atoms with Crippen LogP contribution >= 0.6 is 0 Å². The minimum Gasteiger partial charge on any atom is -0.406 e. The molecule has 170 valence electrons. The van der Waals surface area contributed by atoms with Gasteiger partial charge < -0.3 is 9.72 Å².